The number of piperidine rings is 1. The minimum atomic E-state index is 0.432. The van der Waals surface area contributed by atoms with Gasteiger partial charge in [0.2, 0.25) is 0 Å². The van der Waals surface area contributed by atoms with E-state index in [2.05, 4.69) is 18.7 Å². The first-order valence-electron chi connectivity index (χ1n) is 6.24. The van der Waals surface area contributed by atoms with E-state index in [4.69, 9.17) is 5.73 Å². The average Bonchev–Trinajstić information content (AvgIpc) is 2.19. The monoisotopic (exact) mass is 198 g/mol. The molecule has 0 bridgehead atoms. The average molecular weight is 198 g/mol. The Bertz CT molecular complexity index is 145. The van der Waals surface area contributed by atoms with Crippen molar-refractivity contribution in [1.82, 2.24) is 4.90 Å². The van der Waals surface area contributed by atoms with Crippen LogP contribution >= 0.6 is 0 Å². The van der Waals surface area contributed by atoms with E-state index in [1.165, 1.54) is 45.3 Å². The Balaban J connectivity index is 2.25. The summed E-state index contributed by atoms with van der Waals surface area (Å²) in [6.07, 6.45) is 6.42. The largest absolute Gasteiger partial charge is 0.328 e. The molecule has 2 heteroatoms. The van der Waals surface area contributed by atoms with Gasteiger partial charge in [0.25, 0.3) is 0 Å². The van der Waals surface area contributed by atoms with Crippen molar-refractivity contribution >= 4 is 0 Å². The van der Waals surface area contributed by atoms with Crippen molar-refractivity contribution in [2.75, 3.05) is 19.6 Å². The van der Waals surface area contributed by atoms with Crippen LogP contribution < -0.4 is 5.73 Å². The van der Waals surface area contributed by atoms with Gasteiger partial charge in [-0.15, -0.1) is 0 Å². The van der Waals surface area contributed by atoms with Crippen molar-refractivity contribution in [2.45, 2.75) is 52.0 Å². The van der Waals surface area contributed by atoms with Crippen LogP contribution in [0.2, 0.25) is 0 Å². The highest BCUT2D eigenvalue weighted by molar-refractivity contribution is 4.76. The van der Waals surface area contributed by atoms with Crippen LogP contribution in [0.25, 0.3) is 0 Å². The lowest BCUT2D eigenvalue weighted by Crippen LogP contribution is -2.38. The third-order valence-corrected chi connectivity index (χ3v) is 3.30. The van der Waals surface area contributed by atoms with Gasteiger partial charge in [0.05, 0.1) is 0 Å². The molecular formula is C12H26N2. The first-order chi connectivity index (χ1) is 6.76. The van der Waals surface area contributed by atoms with Crippen molar-refractivity contribution in [3.8, 4) is 0 Å². The topological polar surface area (TPSA) is 29.3 Å². The molecule has 0 aliphatic carbocycles. The molecule has 2 N–H and O–H groups in total. The van der Waals surface area contributed by atoms with Crippen molar-refractivity contribution in [3.63, 3.8) is 0 Å². The third-order valence-electron chi connectivity index (χ3n) is 3.30. The molecule has 2 atom stereocenters. The molecule has 1 aliphatic rings. The highest BCUT2D eigenvalue weighted by Gasteiger charge is 2.20. The fraction of sp³-hybridized carbons (Fsp3) is 1.00. The van der Waals surface area contributed by atoms with Crippen LogP contribution in [0.4, 0.5) is 0 Å². The summed E-state index contributed by atoms with van der Waals surface area (Å²) in [7, 11) is 0. The molecule has 1 rings (SSSR count). The quantitative estimate of drug-likeness (QED) is 0.734. The van der Waals surface area contributed by atoms with Crippen molar-refractivity contribution < 1.29 is 0 Å². The summed E-state index contributed by atoms with van der Waals surface area (Å²) in [5.41, 5.74) is 6.00. The van der Waals surface area contributed by atoms with Gasteiger partial charge in [-0.25, -0.2) is 0 Å². The number of rotatable bonds is 5. The Kier molecular flexibility index (Phi) is 5.49. The van der Waals surface area contributed by atoms with E-state index in [0.29, 0.717) is 6.04 Å². The lowest BCUT2D eigenvalue weighted by Gasteiger charge is -2.33. The van der Waals surface area contributed by atoms with Gasteiger partial charge in [-0.05, 0) is 51.1 Å². The van der Waals surface area contributed by atoms with E-state index in [0.717, 1.165) is 12.3 Å². The maximum Gasteiger partial charge on any atom is 0.00393 e. The first-order valence-corrected chi connectivity index (χ1v) is 6.24. The van der Waals surface area contributed by atoms with Crippen LogP contribution in [0.3, 0.4) is 0 Å². The van der Waals surface area contributed by atoms with E-state index >= 15 is 0 Å². The summed E-state index contributed by atoms with van der Waals surface area (Å²) in [5, 5.41) is 0. The van der Waals surface area contributed by atoms with Gasteiger partial charge in [0.1, 0.15) is 0 Å². The van der Waals surface area contributed by atoms with Gasteiger partial charge in [-0.3, -0.25) is 0 Å². The molecule has 0 aromatic rings. The Morgan fingerprint density at radius 2 is 2.21 bits per heavy atom. The van der Waals surface area contributed by atoms with E-state index < -0.39 is 0 Å². The van der Waals surface area contributed by atoms with E-state index in [1.807, 2.05) is 0 Å². The predicted octanol–water partition coefficient (Wildman–Crippen LogP) is 2.24. The molecule has 0 aromatic heterocycles. The Morgan fingerprint density at radius 1 is 1.43 bits per heavy atom. The summed E-state index contributed by atoms with van der Waals surface area (Å²) in [5.74, 6) is 0.866. The Labute approximate surface area is 88.8 Å². The molecule has 84 valence electrons. The van der Waals surface area contributed by atoms with Gasteiger partial charge in [0, 0.05) is 12.6 Å². The fourth-order valence-corrected chi connectivity index (χ4v) is 2.46. The molecule has 0 radical (unpaired) electrons. The van der Waals surface area contributed by atoms with Crippen molar-refractivity contribution in [1.29, 1.82) is 0 Å². The standard InChI is InChI=1S/C12H26N2/c1-3-7-14-8-5-6-11(10-14)9-12(13)4-2/h11-12H,3-10,13H2,1-2H3. The molecule has 1 heterocycles. The summed E-state index contributed by atoms with van der Waals surface area (Å²) < 4.78 is 0. The summed E-state index contributed by atoms with van der Waals surface area (Å²) >= 11 is 0. The zero-order valence-electron chi connectivity index (χ0n) is 9.84. The zero-order chi connectivity index (χ0) is 10.4. The minimum absolute atomic E-state index is 0.432. The molecular weight excluding hydrogens is 172 g/mol. The van der Waals surface area contributed by atoms with Crippen LogP contribution in [-0.2, 0) is 0 Å². The Morgan fingerprint density at radius 3 is 2.86 bits per heavy atom. The molecule has 2 unspecified atom stereocenters. The van der Waals surface area contributed by atoms with Crippen LogP contribution in [0.5, 0.6) is 0 Å². The molecule has 1 fully saturated rings. The second-order valence-corrected chi connectivity index (χ2v) is 4.71. The molecule has 0 spiro atoms. The van der Waals surface area contributed by atoms with Gasteiger partial charge >= 0.3 is 0 Å². The van der Waals surface area contributed by atoms with Crippen LogP contribution in [0.1, 0.15) is 46.0 Å². The maximum atomic E-state index is 6.00. The van der Waals surface area contributed by atoms with Crippen LogP contribution in [-0.4, -0.2) is 30.6 Å². The molecule has 1 saturated heterocycles. The normalized spacial score (nSPS) is 26.4. The zero-order valence-corrected chi connectivity index (χ0v) is 9.84. The van der Waals surface area contributed by atoms with Gasteiger partial charge in [-0.1, -0.05) is 13.8 Å². The van der Waals surface area contributed by atoms with E-state index in [9.17, 15) is 0 Å². The number of likely N-dealkylation sites (tertiary alicyclic amines) is 1. The molecule has 2 nitrogen and oxygen atoms in total. The predicted molar refractivity (Wildman–Crippen MR) is 62.3 cm³/mol. The summed E-state index contributed by atoms with van der Waals surface area (Å²) in [4.78, 5) is 2.61. The highest BCUT2D eigenvalue weighted by Crippen LogP contribution is 2.21. The number of hydrogen-bond acceptors (Lipinski definition) is 2. The molecule has 14 heavy (non-hydrogen) atoms. The molecule has 0 aromatic carbocycles. The molecule has 1 aliphatic heterocycles. The first kappa shape index (κ1) is 12.0. The second kappa shape index (κ2) is 6.41. The fourth-order valence-electron chi connectivity index (χ4n) is 2.46. The van der Waals surface area contributed by atoms with Gasteiger partial charge < -0.3 is 10.6 Å². The summed E-state index contributed by atoms with van der Waals surface area (Å²) in [6, 6.07) is 0.432. The second-order valence-electron chi connectivity index (χ2n) is 4.71. The highest BCUT2D eigenvalue weighted by atomic mass is 15.1. The maximum absolute atomic E-state index is 6.00. The lowest BCUT2D eigenvalue weighted by atomic mass is 9.91. The van der Waals surface area contributed by atoms with Crippen LogP contribution in [0, 0.1) is 5.92 Å². The van der Waals surface area contributed by atoms with Crippen LogP contribution in [0.15, 0.2) is 0 Å². The number of nitrogens with two attached hydrogens (primary N) is 1. The number of nitrogens with zero attached hydrogens (tertiary/aromatic N) is 1. The third kappa shape index (κ3) is 3.97. The molecule has 0 amide bonds. The minimum Gasteiger partial charge on any atom is -0.328 e. The Hall–Kier alpha value is -0.0800. The number of hydrogen-bond donors (Lipinski definition) is 1. The smallest absolute Gasteiger partial charge is 0.00393 e. The summed E-state index contributed by atoms with van der Waals surface area (Å²) in [6.45, 7) is 8.34. The van der Waals surface area contributed by atoms with E-state index in [-0.39, 0.29) is 0 Å². The van der Waals surface area contributed by atoms with Crippen molar-refractivity contribution in [2.24, 2.45) is 11.7 Å². The van der Waals surface area contributed by atoms with Crippen molar-refractivity contribution in [3.05, 3.63) is 0 Å². The van der Waals surface area contributed by atoms with Gasteiger partial charge in [-0.2, -0.15) is 0 Å². The lowest BCUT2D eigenvalue weighted by molar-refractivity contribution is 0.163. The van der Waals surface area contributed by atoms with E-state index in [1.54, 1.807) is 0 Å². The SMILES string of the molecule is CCCN1CCCC(CC(N)CC)C1. The van der Waals surface area contributed by atoms with Gasteiger partial charge in [0.15, 0.2) is 0 Å². The molecule has 0 saturated carbocycles.